The molecule has 0 bridgehead atoms. The summed E-state index contributed by atoms with van der Waals surface area (Å²) in [6.45, 7) is -1.68. The van der Waals surface area contributed by atoms with Crippen LogP contribution in [0.5, 0.6) is 11.5 Å². The number of amides is 1. The summed E-state index contributed by atoms with van der Waals surface area (Å²) in [5.74, 6) is 0.367. The van der Waals surface area contributed by atoms with E-state index < -0.39 is 6.61 Å². The number of fused-ring (bicyclic) bond motifs is 1. The Morgan fingerprint density at radius 2 is 1.83 bits per heavy atom. The number of para-hydroxylation sites is 2. The summed E-state index contributed by atoms with van der Waals surface area (Å²) < 4.78 is 41.7. The van der Waals surface area contributed by atoms with Crippen LogP contribution in [0.15, 0.2) is 71.1 Å². The summed E-state index contributed by atoms with van der Waals surface area (Å²) >= 11 is 0. The number of nitrogens with zero attached hydrogens (tertiary/aromatic N) is 2. The number of methoxy groups -OCH3 is 1. The normalized spacial score (nSPS) is 14.3. The third kappa shape index (κ3) is 5.10. The summed E-state index contributed by atoms with van der Waals surface area (Å²) in [4.78, 5) is 19.6. The van der Waals surface area contributed by atoms with Crippen molar-refractivity contribution in [3.8, 4) is 22.6 Å². The molecule has 0 unspecified atom stereocenters. The molecule has 0 spiro atoms. The van der Waals surface area contributed by atoms with Gasteiger partial charge in [0.1, 0.15) is 17.0 Å². The second kappa shape index (κ2) is 10.2. The van der Waals surface area contributed by atoms with Crippen LogP contribution in [0.25, 0.3) is 22.2 Å². The first kappa shape index (κ1) is 23.6. The van der Waals surface area contributed by atoms with Crippen molar-refractivity contribution in [2.24, 2.45) is 5.92 Å². The van der Waals surface area contributed by atoms with Crippen LogP contribution in [0.2, 0.25) is 0 Å². The van der Waals surface area contributed by atoms with Gasteiger partial charge in [0.2, 0.25) is 5.91 Å². The number of alkyl halides is 2. The number of hydrogen-bond acceptors (Lipinski definition) is 6. The zero-order chi connectivity index (χ0) is 25.1. The number of nitrogens with one attached hydrogen (secondary N) is 1. The van der Waals surface area contributed by atoms with Gasteiger partial charge in [0.25, 0.3) is 6.01 Å². The monoisotopic (exact) mass is 493 g/mol. The van der Waals surface area contributed by atoms with Crippen molar-refractivity contribution >= 4 is 28.7 Å². The molecule has 186 valence electrons. The molecule has 0 atom stereocenters. The van der Waals surface area contributed by atoms with Gasteiger partial charge >= 0.3 is 6.61 Å². The van der Waals surface area contributed by atoms with E-state index in [0.717, 1.165) is 11.1 Å². The van der Waals surface area contributed by atoms with Gasteiger partial charge in [-0.15, -0.1) is 0 Å². The molecule has 1 aliphatic rings. The van der Waals surface area contributed by atoms with Gasteiger partial charge in [-0.2, -0.15) is 13.8 Å². The fraction of sp³-hybridized carbons (Fsp3) is 0.259. The second-order valence-electron chi connectivity index (χ2n) is 8.53. The van der Waals surface area contributed by atoms with Crippen LogP contribution < -0.4 is 19.7 Å². The van der Waals surface area contributed by atoms with Gasteiger partial charge < -0.3 is 24.1 Å². The Bertz CT molecular complexity index is 1320. The largest absolute Gasteiger partial charge is 0.497 e. The highest BCUT2D eigenvalue weighted by Gasteiger charge is 2.27. The minimum Gasteiger partial charge on any atom is -0.497 e. The van der Waals surface area contributed by atoms with E-state index in [4.69, 9.17) is 13.9 Å². The van der Waals surface area contributed by atoms with Crippen LogP contribution >= 0.6 is 0 Å². The van der Waals surface area contributed by atoms with E-state index in [1.54, 1.807) is 43.5 Å². The van der Waals surface area contributed by atoms with Crippen molar-refractivity contribution < 1.29 is 27.5 Å². The van der Waals surface area contributed by atoms with Crippen molar-refractivity contribution in [3.63, 3.8) is 0 Å². The highest BCUT2D eigenvalue weighted by Crippen LogP contribution is 2.35. The lowest BCUT2D eigenvalue weighted by atomic mass is 9.96. The number of halogens is 2. The molecule has 1 amide bonds. The number of aromatic nitrogens is 1. The van der Waals surface area contributed by atoms with Crippen molar-refractivity contribution in [3.05, 3.63) is 66.7 Å². The Labute approximate surface area is 206 Å². The quantitative estimate of drug-likeness (QED) is 0.342. The van der Waals surface area contributed by atoms with Crippen molar-refractivity contribution in [1.82, 2.24) is 4.98 Å². The molecule has 0 aliphatic carbocycles. The van der Waals surface area contributed by atoms with E-state index in [2.05, 4.69) is 10.3 Å². The molecule has 5 rings (SSSR count). The van der Waals surface area contributed by atoms with Gasteiger partial charge in [0.15, 0.2) is 5.58 Å². The Morgan fingerprint density at radius 3 is 2.53 bits per heavy atom. The van der Waals surface area contributed by atoms with E-state index in [1.165, 1.54) is 6.07 Å². The Hall–Kier alpha value is -4.14. The number of rotatable bonds is 7. The van der Waals surface area contributed by atoms with Gasteiger partial charge in [-0.3, -0.25) is 4.79 Å². The highest BCUT2D eigenvalue weighted by molar-refractivity contribution is 5.94. The lowest BCUT2D eigenvalue weighted by molar-refractivity contribution is -0.120. The summed E-state index contributed by atoms with van der Waals surface area (Å²) in [6.07, 6.45) is 1.28. The zero-order valence-electron chi connectivity index (χ0n) is 19.6. The number of carbonyl (C=O) groups excluding carboxylic acids is 1. The Balaban J connectivity index is 1.27. The van der Waals surface area contributed by atoms with Crippen LogP contribution in [-0.4, -0.2) is 37.7 Å². The van der Waals surface area contributed by atoms with Crippen LogP contribution in [-0.2, 0) is 4.79 Å². The van der Waals surface area contributed by atoms with E-state index in [0.29, 0.717) is 54.5 Å². The molecule has 1 aliphatic heterocycles. The third-order valence-corrected chi connectivity index (χ3v) is 6.28. The minimum atomic E-state index is -2.96. The Kier molecular flexibility index (Phi) is 6.71. The highest BCUT2D eigenvalue weighted by atomic mass is 19.3. The standard InChI is InChI=1S/C27H25F2N3O4/c1-34-20-9-6-17(7-10-20)21-16-19(8-11-23(21)35-26(28)29)30-25(33)18-12-14-32(15-13-18)27-31-22-4-2-3-5-24(22)36-27/h2-11,16,18,26H,12-15H2,1H3,(H,30,33). The first-order chi connectivity index (χ1) is 17.5. The number of hydrogen-bond donors (Lipinski definition) is 1. The maximum atomic E-state index is 13.0. The number of benzene rings is 3. The fourth-order valence-electron chi connectivity index (χ4n) is 4.38. The van der Waals surface area contributed by atoms with Crippen molar-refractivity contribution in [2.75, 3.05) is 30.4 Å². The number of anilines is 2. The molecule has 0 radical (unpaired) electrons. The number of piperidine rings is 1. The van der Waals surface area contributed by atoms with E-state index in [-0.39, 0.29) is 17.6 Å². The molecule has 36 heavy (non-hydrogen) atoms. The SMILES string of the molecule is COc1ccc(-c2cc(NC(=O)C3CCN(c4nc5ccccc5o4)CC3)ccc2OC(F)F)cc1. The van der Waals surface area contributed by atoms with Crippen molar-refractivity contribution in [1.29, 1.82) is 0 Å². The van der Waals surface area contributed by atoms with E-state index in [1.807, 2.05) is 29.2 Å². The molecule has 4 aromatic rings. The lowest BCUT2D eigenvalue weighted by Crippen LogP contribution is -2.38. The average molecular weight is 494 g/mol. The second-order valence-corrected chi connectivity index (χ2v) is 8.53. The number of oxazole rings is 1. The van der Waals surface area contributed by atoms with Crippen LogP contribution in [0.1, 0.15) is 12.8 Å². The smallest absolute Gasteiger partial charge is 0.387 e. The lowest BCUT2D eigenvalue weighted by Gasteiger charge is -2.30. The molecule has 9 heteroatoms. The van der Waals surface area contributed by atoms with Gasteiger partial charge in [-0.1, -0.05) is 24.3 Å². The van der Waals surface area contributed by atoms with Gasteiger partial charge in [0, 0.05) is 30.3 Å². The summed E-state index contributed by atoms with van der Waals surface area (Å²) in [5, 5.41) is 2.94. The van der Waals surface area contributed by atoms with Gasteiger partial charge in [-0.25, -0.2) is 0 Å². The van der Waals surface area contributed by atoms with E-state index in [9.17, 15) is 13.6 Å². The number of ether oxygens (including phenoxy) is 2. The first-order valence-electron chi connectivity index (χ1n) is 11.6. The van der Waals surface area contributed by atoms with Crippen LogP contribution in [0, 0.1) is 5.92 Å². The maximum absolute atomic E-state index is 13.0. The van der Waals surface area contributed by atoms with Crippen LogP contribution in [0.3, 0.4) is 0 Å². The molecule has 7 nitrogen and oxygen atoms in total. The van der Waals surface area contributed by atoms with E-state index >= 15 is 0 Å². The zero-order valence-corrected chi connectivity index (χ0v) is 19.6. The molecular weight excluding hydrogens is 468 g/mol. The molecule has 1 saturated heterocycles. The molecule has 3 aromatic carbocycles. The average Bonchev–Trinajstić information content (AvgIpc) is 3.34. The summed E-state index contributed by atoms with van der Waals surface area (Å²) in [5.41, 5.74) is 3.16. The predicted octanol–water partition coefficient (Wildman–Crippen LogP) is 5.96. The third-order valence-electron chi connectivity index (χ3n) is 6.28. The summed E-state index contributed by atoms with van der Waals surface area (Å²) in [7, 11) is 1.55. The topological polar surface area (TPSA) is 76.8 Å². The summed E-state index contributed by atoms with van der Waals surface area (Å²) in [6, 6.07) is 19.8. The first-order valence-corrected chi connectivity index (χ1v) is 11.6. The molecule has 0 saturated carbocycles. The molecule has 1 fully saturated rings. The van der Waals surface area contributed by atoms with Gasteiger partial charge in [-0.05, 0) is 60.9 Å². The molecule has 2 heterocycles. The maximum Gasteiger partial charge on any atom is 0.387 e. The molecule has 1 aromatic heterocycles. The fourth-order valence-corrected chi connectivity index (χ4v) is 4.38. The minimum absolute atomic E-state index is 0.0276. The Morgan fingerprint density at radius 1 is 1.08 bits per heavy atom. The number of carbonyl (C=O) groups is 1. The molecule has 1 N–H and O–H groups in total. The predicted molar refractivity (Wildman–Crippen MR) is 133 cm³/mol. The van der Waals surface area contributed by atoms with Crippen molar-refractivity contribution in [2.45, 2.75) is 19.5 Å². The van der Waals surface area contributed by atoms with Crippen LogP contribution in [0.4, 0.5) is 20.5 Å². The molecular formula is C27H25F2N3O4. The van der Waals surface area contributed by atoms with Gasteiger partial charge in [0.05, 0.1) is 7.11 Å².